The van der Waals surface area contributed by atoms with Crippen molar-refractivity contribution < 1.29 is 14.0 Å². The van der Waals surface area contributed by atoms with Crippen LogP contribution >= 0.6 is 0 Å². The number of anilines is 1. The molecule has 6 heteroatoms. The SMILES string of the molecule is C[C@@H](NC(=O)CN(C)[C@H]1CCN(c2ccccc2)C1=O)c1ccco1. The van der Waals surface area contributed by atoms with Crippen molar-refractivity contribution in [1.29, 1.82) is 0 Å². The highest BCUT2D eigenvalue weighted by atomic mass is 16.3. The topological polar surface area (TPSA) is 65.8 Å². The summed E-state index contributed by atoms with van der Waals surface area (Å²) < 4.78 is 5.29. The minimum absolute atomic E-state index is 0.0422. The van der Waals surface area contributed by atoms with E-state index >= 15 is 0 Å². The molecule has 0 saturated carbocycles. The van der Waals surface area contributed by atoms with Crippen LogP contribution in [-0.2, 0) is 9.59 Å². The molecule has 6 nitrogen and oxygen atoms in total. The molecule has 3 rings (SSSR count). The lowest BCUT2D eigenvalue weighted by Crippen LogP contribution is -2.45. The molecule has 0 unspecified atom stereocenters. The summed E-state index contributed by atoms with van der Waals surface area (Å²) in [6.07, 6.45) is 2.30. The Balaban J connectivity index is 1.55. The van der Waals surface area contributed by atoms with Crippen LogP contribution in [0.2, 0.25) is 0 Å². The van der Waals surface area contributed by atoms with Crippen LogP contribution in [-0.4, -0.2) is 42.9 Å². The van der Waals surface area contributed by atoms with E-state index in [2.05, 4.69) is 5.32 Å². The molecule has 2 heterocycles. The number of hydrogen-bond donors (Lipinski definition) is 1. The maximum atomic E-state index is 12.7. The number of likely N-dealkylation sites (N-methyl/N-ethyl adjacent to an activating group) is 1. The van der Waals surface area contributed by atoms with E-state index in [1.54, 1.807) is 17.2 Å². The van der Waals surface area contributed by atoms with Gasteiger partial charge in [0.1, 0.15) is 5.76 Å². The number of hydrogen-bond acceptors (Lipinski definition) is 4. The third-order valence-corrected chi connectivity index (χ3v) is 4.52. The van der Waals surface area contributed by atoms with Gasteiger partial charge in [-0.2, -0.15) is 0 Å². The van der Waals surface area contributed by atoms with Crippen LogP contribution < -0.4 is 10.2 Å². The molecule has 0 radical (unpaired) electrons. The summed E-state index contributed by atoms with van der Waals surface area (Å²) >= 11 is 0. The summed E-state index contributed by atoms with van der Waals surface area (Å²) in [5.41, 5.74) is 0.902. The van der Waals surface area contributed by atoms with E-state index in [1.807, 2.05) is 55.3 Å². The fraction of sp³-hybridized carbons (Fsp3) is 0.368. The van der Waals surface area contributed by atoms with Crippen molar-refractivity contribution >= 4 is 17.5 Å². The second kappa shape index (κ2) is 7.53. The molecule has 0 bridgehead atoms. The summed E-state index contributed by atoms with van der Waals surface area (Å²) in [4.78, 5) is 28.5. The molecule has 1 aliphatic rings. The van der Waals surface area contributed by atoms with Crippen LogP contribution in [0.25, 0.3) is 0 Å². The van der Waals surface area contributed by atoms with Crippen LogP contribution in [0.4, 0.5) is 5.69 Å². The monoisotopic (exact) mass is 341 g/mol. The molecule has 0 aliphatic carbocycles. The van der Waals surface area contributed by atoms with Crippen LogP contribution in [0, 0.1) is 0 Å². The van der Waals surface area contributed by atoms with E-state index < -0.39 is 0 Å². The molecule has 0 spiro atoms. The van der Waals surface area contributed by atoms with E-state index in [9.17, 15) is 9.59 Å². The number of benzene rings is 1. The minimum atomic E-state index is -0.273. The third kappa shape index (κ3) is 3.91. The van der Waals surface area contributed by atoms with Gasteiger partial charge in [0.25, 0.3) is 0 Å². The second-order valence-corrected chi connectivity index (χ2v) is 6.35. The predicted molar refractivity (Wildman–Crippen MR) is 95.1 cm³/mol. The maximum Gasteiger partial charge on any atom is 0.244 e. The molecule has 1 aromatic heterocycles. The highest BCUT2D eigenvalue weighted by Gasteiger charge is 2.35. The van der Waals surface area contributed by atoms with E-state index in [0.29, 0.717) is 18.7 Å². The van der Waals surface area contributed by atoms with Crippen LogP contribution in [0.5, 0.6) is 0 Å². The Kier molecular flexibility index (Phi) is 5.19. The van der Waals surface area contributed by atoms with Crippen molar-refractivity contribution in [3.63, 3.8) is 0 Å². The first-order chi connectivity index (χ1) is 12.1. The first-order valence-corrected chi connectivity index (χ1v) is 8.45. The largest absolute Gasteiger partial charge is 0.467 e. The van der Waals surface area contributed by atoms with Gasteiger partial charge in [0.05, 0.1) is 24.9 Å². The summed E-state index contributed by atoms with van der Waals surface area (Å²) in [6.45, 7) is 2.71. The zero-order valence-electron chi connectivity index (χ0n) is 14.5. The Labute approximate surface area is 147 Å². The Morgan fingerprint density at radius 2 is 2.08 bits per heavy atom. The Morgan fingerprint density at radius 3 is 2.76 bits per heavy atom. The van der Waals surface area contributed by atoms with Crippen molar-refractivity contribution in [3.8, 4) is 0 Å². The van der Waals surface area contributed by atoms with Crippen molar-refractivity contribution in [2.24, 2.45) is 0 Å². The van der Waals surface area contributed by atoms with Gasteiger partial charge in [0, 0.05) is 12.2 Å². The lowest BCUT2D eigenvalue weighted by Gasteiger charge is -2.24. The van der Waals surface area contributed by atoms with Gasteiger partial charge < -0.3 is 14.6 Å². The summed E-state index contributed by atoms with van der Waals surface area (Å²) in [7, 11) is 1.81. The molecular formula is C19H23N3O3. The highest BCUT2D eigenvalue weighted by molar-refractivity contribution is 5.99. The number of amides is 2. The number of nitrogens with zero attached hydrogens (tertiary/aromatic N) is 2. The van der Waals surface area contributed by atoms with E-state index in [4.69, 9.17) is 4.42 Å². The minimum Gasteiger partial charge on any atom is -0.467 e. The first kappa shape index (κ1) is 17.2. The fourth-order valence-corrected chi connectivity index (χ4v) is 3.17. The quantitative estimate of drug-likeness (QED) is 0.875. The van der Waals surface area contributed by atoms with Crippen molar-refractivity contribution in [2.75, 3.05) is 25.0 Å². The lowest BCUT2D eigenvalue weighted by molar-refractivity contribution is -0.125. The van der Waals surface area contributed by atoms with Gasteiger partial charge >= 0.3 is 0 Å². The Bertz CT molecular complexity index is 715. The second-order valence-electron chi connectivity index (χ2n) is 6.35. The van der Waals surface area contributed by atoms with Gasteiger partial charge in [-0.05, 0) is 44.7 Å². The van der Waals surface area contributed by atoms with Gasteiger partial charge in [-0.15, -0.1) is 0 Å². The average molecular weight is 341 g/mol. The highest BCUT2D eigenvalue weighted by Crippen LogP contribution is 2.23. The number of carbonyl (C=O) groups excluding carboxylic acids is 2. The summed E-state index contributed by atoms with van der Waals surface area (Å²) in [5, 5.41) is 2.90. The Hall–Kier alpha value is -2.60. The zero-order chi connectivity index (χ0) is 17.8. The molecule has 1 aliphatic heterocycles. The molecule has 2 aromatic rings. The third-order valence-electron chi connectivity index (χ3n) is 4.52. The number of rotatable bonds is 6. The number of furan rings is 1. The van der Waals surface area contributed by atoms with E-state index in [-0.39, 0.29) is 30.4 Å². The van der Waals surface area contributed by atoms with Gasteiger partial charge in [-0.25, -0.2) is 0 Å². The van der Waals surface area contributed by atoms with Gasteiger partial charge in [0.15, 0.2) is 0 Å². The van der Waals surface area contributed by atoms with Crippen LogP contribution in [0.15, 0.2) is 53.1 Å². The van der Waals surface area contributed by atoms with Crippen molar-refractivity contribution in [3.05, 3.63) is 54.5 Å². The molecule has 2 amide bonds. The molecular weight excluding hydrogens is 318 g/mol. The average Bonchev–Trinajstić information content (AvgIpc) is 3.25. The molecule has 1 saturated heterocycles. The maximum absolute atomic E-state index is 12.7. The van der Waals surface area contributed by atoms with Crippen molar-refractivity contribution in [1.82, 2.24) is 10.2 Å². The summed E-state index contributed by atoms with van der Waals surface area (Å²) in [5.74, 6) is 0.626. The van der Waals surface area contributed by atoms with E-state index in [1.165, 1.54) is 0 Å². The Morgan fingerprint density at radius 1 is 1.32 bits per heavy atom. The molecule has 132 valence electrons. The van der Waals surface area contributed by atoms with Crippen LogP contribution in [0.3, 0.4) is 0 Å². The molecule has 1 N–H and O–H groups in total. The van der Waals surface area contributed by atoms with Gasteiger partial charge in [-0.1, -0.05) is 18.2 Å². The fourth-order valence-electron chi connectivity index (χ4n) is 3.17. The zero-order valence-corrected chi connectivity index (χ0v) is 14.5. The normalized spacial score (nSPS) is 18.6. The van der Waals surface area contributed by atoms with Gasteiger partial charge in [0.2, 0.25) is 11.8 Å². The lowest BCUT2D eigenvalue weighted by atomic mass is 10.2. The predicted octanol–water partition coefficient (Wildman–Crippen LogP) is 2.19. The first-order valence-electron chi connectivity index (χ1n) is 8.45. The molecule has 1 aromatic carbocycles. The number of nitrogens with one attached hydrogen (secondary N) is 1. The smallest absolute Gasteiger partial charge is 0.244 e. The molecule has 2 atom stereocenters. The number of carbonyl (C=O) groups is 2. The molecule has 1 fully saturated rings. The standard InChI is InChI=1S/C19H23N3O3/c1-14(17-9-6-12-25-17)20-18(23)13-21(2)16-10-11-22(19(16)24)15-7-4-3-5-8-15/h3-9,12,14,16H,10-11,13H2,1-2H3,(H,20,23)/t14-,16+/m1/s1. The van der Waals surface area contributed by atoms with Crippen molar-refractivity contribution in [2.45, 2.75) is 25.4 Å². The summed E-state index contributed by atoms with van der Waals surface area (Å²) in [6, 6.07) is 12.8. The van der Waals surface area contributed by atoms with Crippen LogP contribution in [0.1, 0.15) is 25.1 Å². The van der Waals surface area contributed by atoms with E-state index in [0.717, 1.165) is 5.69 Å². The van der Waals surface area contributed by atoms with Gasteiger partial charge in [-0.3, -0.25) is 14.5 Å². The number of para-hydroxylation sites is 1. The molecule has 25 heavy (non-hydrogen) atoms.